The lowest BCUT2D eigenvalue weighted by molar-refractivity contribution is -0.150. The van der Waals surface area contributed by atoms with Gasteiger partial charge in [0.05, 0.1) is 17.6 Å². The van der Waals surface area contributed by atoms with E-state index in [9.17, 15) is 9.59 Å². The number of nitrogens with one attached hydrogen (secondary N) is 1. The Morgan fingerprint density at radius 3 is 2.50 bits per heavy atom. The van der Waals surface area contributed by atoms with Crippen molar-refractivity contribution in [2.45, 2.75) is 38.0 Å². The maximum Gasteiger partial charge on any atom is 0.316 e. The lowest BCUT2D eigenvalue weighted by Crippen LogP contribution is -2.34. The third-order valence-electron chi connectivity index (χ3n) is 4.82. The van der Waals surface area contributed by atoms with Crippen molar-refractivity contribution in [2.75, 3.05) is 11.9 Å². The highest BCUT2D eigenvalue weighted by molar-refractivity contribution is 6.33. The number of pyridine rings is 1. The highest BCUT2D eigenvalue weighted by Crippen LogP contribution is 2.42. The second-order valence-corrected chi connectivity index (χ2v) is 6.74. The predicted molar refractivity (Wildman–Crippen MR) is 100 cm³/mol. The summed E-state index contributed by atoms with van der Waals surface area (Å²) in [5.41, 5.74) is 1.32. The minimum atomic E-state index is -0.564. The molecule has 0 spiro atoms. The molecule has 1 fully saturated rings. The number of halogens is 1. The molecule has 0 aliphatic heterocycles. The summed E-state index contributed by atoms with van der Waals surface area (Å²) in [7, 11) is 0. The van der Waals surface area contributed by atoms with Crippen molar-refractivity contribution in [1.29, 1.82) is 0 Å². The first-order valence-electron chi connectivity index (χ1n) is 8.76. The van der Waals surface area contributed by atoms with Gasteiger partial charge >= 0.3 is 5.97 Å². The van der Waals surface area contributed by atoms with Crippen LogP contribution in [-0.4, -0.2) is 23.5 Å². The summed E-state index contributed by atoms with van der Waals surface area (Å²) in [6, 6.07) is 10.7. The summed E-state index contributed by atoms with van der Waals surface area (Å²) in [5.74, 6) is -0.478. The van der Waals surface area contributed by atoms with Crippen molar-refractivity contribution in [3.8, 4) is 0 Å². The number of amides is 1. The van der Waals surface area contributed by atoms with Crippen LogP contribution in [-0.2, 0) is 14.9 Å². The van der Waals surface area contributed by atoms with Gasteiger partial charge in [0.15, 0.2) is 0 Å². The number of ether oxygens (including phenoxy) is 1. The molecule has 2 aromatic rings. The van der Waals surface area contributed by atoms with Gasteiger partial charge in [-0.3, -0.25) is 9.59 Å². The van der Waals surface area contributed by atoms with Crippen LogP contribution in [0.1, 0.15) is 48.5 Å². The molecule has 0 bridgehead atoms. The van der Waals surface area contributed by atoms with Crippen LogP contribution in [0.25, 0.3) is 0 Å². The SMILES string of the molecule is CCOC(=O)C1(c2ccc(NC(=O)c3cccnc3Cl)cc2)CCCC1. The summed E-state index contributed by atoms with van der Waals surface area (Å²) in [6.07, 6.45) is 5.14. The average molecular weight is 373 g/mol. The lowest BCUT2D eigenvalue weighted by Gasteiger charge is -2.27. The molecule has 1 aliphatic rings. The summed E-state index contributed by atoms with van der Waals surface area (Å²) in [5, 5.41) is 2.97. The van der Waals surface area contributed by atoms with E-state index in [1.54, 1.807) is 24.3 Å². The number of hydrogen-bond donors (Lipinski definition) is 1. The number of anilines is 1. The molecule has 0 unspecified atom stereocenters. The van der Waals surface area contributed by atoms with Gasteiger partial charge in [0.25, 0.3) is 5.91 Å². The molecule has 5 nitrogen and oxygen atoms in total. The van der Waals surface area contributed by atoms with E-state index in [-0.39, 0.29) is 17.0 Å². The Kier molecular flexibility index (Phi) is 5.57. The number of aromatic nitrogens is 1. The van der Waals surface area contributed by atoms with Gasteiger partial charge in [-0.2, -0.15) is 0 Å². The molecule has 1 aromatic carbocycles. The van der Waals surface area contributed by atoms with Crippen LogP contribution in [0.5, 0.6) is 0 Å². The van der Waals surface area contributed by atoms with Crippen LogP contribution in [0.4, 0.5) is 5.69 Å². The van der Waals surface area contributed by atoms with Crippen molar-refractivity contribution in [3.05, 3.63) is 58.9 Å². The van der Waals surface area contributed by atoms with Crippen LogP contribution < -0.4 is 5.32 Å². The molecule has 0 radical (unpaired) electrons. The topological polar surface area (TPSA) is 68.3 Å². The van der Waals surface area contributed by atoms with E-state index >= 15 is 0 Å². The summed E-state index contributed by atoms with van der Waals surface area (Å²) in [4.78, 5) is 28.8. The fraction of sp³-hybridized carbons (Fsp3) is 0.350. The quantitative estimate of drug-likeness (QED) is 0.625. The van der Waals surface area contributed by atoms with Crippen molar-refractivity contribution in [1.82, 2.24) is 4.98 Å². The molecule has 1 amide bonds. The van der Waals surface area contributed by atoms with E-state index in [1.807, 2.05) is 19.1 Å². The van der Waals surface area contributed by atoms with Crippen molar-refractivity contribution in [3.63, 3.8) is 0 Å². The highest BCUT2D eigenvalue weighted by atomic mass is 35.5. The van der Waals surface area contributed by atoms with E-state index < -0.39 is 5.41 Å². The molecular formula is C20H21ClN2O3. The molecule has 1 saturated carbocycles. The standard InChI is InChI=1S/C20H21ClN2O3/c1-2-26-19(25)20(11-3-4-12-20)14-7-9-15(10-8-14)23-18(24)16-6-5-13-22-17(16)21/h5-10,13H,2-4,11-12H2,1H3,(H,23,24). The smallest absolute Gasteiger partial charge is 0.316 e. The zero-order valence-corrected chi connectivity index (χ0v) is 15.4. The van der Waals surface area contributed by atoms with Crippen molar-refractivity contribution in [2.24, 2.45) is 0 Å². The first-order chi connectivity index (χ1) is 12.6. The molecular weight excluding hydrogens is 352 g/mol. The van der Waals surface area contributed by atoms with Crippen LogP contribution in [0.2, 0.25) is 5.15 Å². The maximum atomic E-state index is 12.5. The van der Waals surface area contributed by atoms with Gasteiger partial charge in [0.2, 0.25) is 0 Å². The van der Waals surface area contributed by atoms with Crippen molar-refractivity contribution < 1.29 is 14.3 Å². The fourth-order valence-corrected chi connectivity index (χ4v) is 3.69. The average Bonchev–Trinajstić information content (AvgIpc) is 3.14. The summed E-state index contributed by atoms with van der Waals surface area (Å²) < 4.78 is 5.32. The van der Waals surface area contributed by atoms with Gasteiger partial charge < -0.3 is 10.1 Å². The highest BCUT2D eigenvalue weighted by Gasteiger charge is 2.43. The number of esters is 1. The molecule has 26 heavy (non-hydrogen) atoms. The van der Waals surface area contributed by atoms with E-state index in [0.717, 1.165) is 31.2 Å². The van der Waals surface area contributed by atoms with Gasteiger partial charge in [-0.05, 0) is 49.6 Å². The second-order valence-electron chi connectivity index (χ2n) is 6.38. The zero-order chi connectivity index (χ0) is 18.6. The van der Waals surface area contributed by atoms with E-state index in [1.165, 1.54) is 6.20 Å². The Labute approximate surface area is 157 Å². The van der Waals surface area contributed by atoms with E-state index in [0.29, 0.717) is 17.9 Å². The number of rotatable bonds is 5. The molecule has 6 heteroatoms. The number of carbonyl (C=O) groups is 2. The third kappa shape index (κ3) is 3.58. The van der Waals surface area contributed by atoms with Gasteiger partial charge in [-0.15, -0.1) is 0 Å². The largest absolute Gasteiger partial charge is 0.465 e. The van der Waals surface area contributed by atoms with Gasteiger partial charge in [0, 0.05) is 11.9 Å². The molecule has 136 valence electrons. The van der Waals surface area contributed by atoms with E-state index in [2.05, 4.69) is 10.3 Å². The van der Waals surface area contributed by atoms with Crippen LogP contribution in [0.15, 0.2) is 42.6 Å². The number of hydrogen-bond acceptors (Lipinski definition) is 4. The molecule has 1 aliphatic carbocycles. The third-order valence-corrected chi connectivity index (χ3v) is 5.12. The Bertz CT molecular complexity index is 799. The normalized spacial score (nSPS) is 15.5. The minimum absolute atomic E-state index is 0.156. The first-order valence-corrected chi connectivity index (χ1v) is 9.14. The van der Waals surface area contributed by atoms with Crippen LogP contribution >= 0.6 is 11.6 Å². The van der Waals surface area contributed by atoms with Crippen LogP contribution in [0.3, 0.4) is 0 Å². The van der Waals surface area contributed by atoms with E-state index in [4.69, 9.17) is 16.3 Å². The number of nitrogens with zero attached hydrogens (tertiary/aromatic N) is 1. The first kappa shape index (κ1) is 18.4. The summed E-state index contributed by atoms with van der Waals surface area (Å²) >= 11 is 5.96. The van der Waals surface area contributed by atoms with Crippen LogP contribution in [0, 0.1) is 0 Å². The zero-order valence-electron chi connectivity index (χ0n) is 14.6. The Balaban J connectivity index is 1.78. The fourth-order valence-electron chi connectivity index (χ4n) is 3.48. The van der Waals surface area contributed by atoms with Gasteiger partial charge in [-0.25, -0.2) is 4.98 Å². The Hall–Kier alpha value is -2.40. The van der Waals surface area contributed by atoms with Gasteiger partial charge in [-0.1, -0.05) is 36.6 Å². The lowest BCUT2D eigenvalue weighted by atomic mass is 9.79. The maximum absolute atomic E-state index is 12.5. The Morgan fingerprint density at radius 1 is 1.19 bits per heavy atom. The monoisotopic (exact) mass is 372 g/mol. The molecule has 3 rings (SSSR count). The Morgan fingerprint density at radius 2 is 1.88 bits per heavy atom. The number of carbonyl (C=O) groups excluding carboxylic acids is 2. The predicted octanol–water partition coefficient (Wildman–Crippen LogP) is 4.36. The summed E-state index contributed by atoms with van der Waals surface area (Å²) in [6.45, 7) is 2.20. The number of benzene rings is 1. The molecule has 1 N–H and O–H groups in total. The van der Waals surface area contributed by atoms with Crippen molar-refractivity contribution >= 4 is 29.2 Å². The molecule has 0 saturated heterocycles. The molecule has 1 aromatic heterocycles. The molecule has 1 heterocycles. The molecule has 0 atom stereocenters. The minimum Gasteiger partial charge on any atom is -0.465 e. The van der Waals surface area contributed by atoms with Gasteiger partial charge in [0.1, 0.15) is 5.15 Å². The second kappa shape index (κ2) is 7.87.